The van der Waals surface area contributed by atoms with Gasteiger partial charge < -0.3 is 10.1 Å². The monoisotopic (exact) mass is 211 g/mol. The average Bonchev–Trinajstić information content (AvgIpc) is 2.58. The van der Waals surface area contributed by atoms with Crippen LogP contribution in [0, 0.1) is 5.92 Å². The van der Waals surface area contributed by atoms with Crippen molar-refractivity contribution >= 4 is 0 Å². The van der Waals surface area contributed by atoms with Gasteiger partial charge in [0.1, 0.15) is 0 Å². The van der Waals surface area contributed by atoms with Gasteiger partial charge in [0, 0.05) is 18.6 Å². The van der Waals surface area contributed by atoms with Gasteiger partial charge in [0.2, 0.25) is 0 Å². The summed E-state index contributed by atoms with van der Waals surface area (Å²) in [4.78, 5) is 0. The second-order valence-electron chi connectivity index (χ2n) is 4.75. The summed E-state index contributed by atoms with van der Waals surface area (Å²) < 4.78 is 5.64. The molecule has 0 radical (unpaired) electrons. The highest BCUT2D eigenvalue weighted by Crippen LogP contribution is 2.25. The van der Waals surface area contributed by atoms with Gasteiger partial charge >= 0.3 is 0 Å². The second kappa shape index (κ2) is 6.29. The fourth-order valence-electron chi connectivity index (χ4n) is 2.22. The highest BCUT2D eigenvalue weighted by Gasteiger charge is 2.30. The van der Waals surface area contributed by atoms with Crippen LogP contribution in [0.1, 0.15) is 40.5 Å². The van der Waals surface area contributed by atoms with Crippen molar-refractivity contribution in [1.82, 2.24) is 5.32 Å². The summed E-state index contributed by atoms with van der Waals surface area (Å²) in [7, 11) is 0. The molecule has 0 aromatic carbocycles. The summed E-state index contributed by atoms with van der Waals surface area (Å²) in [6.45, 7) is 10.8. The maximum atomic E-state index is 5.64. The van der Waals surface area contributed by atoms with Crippen LogP contribution in [0.2, 0.25) is 0 Å². The van der Waals surface area contributed by atoms with E-state index in [0.29, 0.717) is 18.1 Å². The molecular weight excluding hydrogens is 186 g/mol. The normalized spacial score (nSPS) is 27.7. The van der Waals surface area contributed by atoms with E-state index in [-0.39, 0.29) is 0 Å². The minimum absolute atomic E-state index is 0.398. The molecule has 1 heterocycles. The Morgan fingerprint density at radius 1 is 1.53 bits per heavy atom. The van der Waals surface area contributed by atoms with Gasteiger partial charge in [-0.25, -0.2) is 0 Å². The second-order valence-corrected chi connectivity index (χ2v) is 4.75. The van der Waals surface area contributed by atoms with Crippen molar-refractivity contribution in [1.29, 1.82) is 0 Å². The summed E-state index contributed by atoms with van der Waals surface area (Å²) in [6, 6.07) is 0.493. The van der Waals surface area contributed by atoms with Crippen LogP contribution in [0.15, 0.2) is 11.6 Å². The topological polar surface area (TPSA) is 21.3 Å². The molecular formula is C13H25NO. The van der Waals surface area contributed by atoms with Crippen LogP contribution in [-0.4, -0.2) is 25.3 Å². The van der Waals surface area contributed by atoms with Gasteiger partial charge in [-0.2, -0.15) is 0 Å². The van der Waals surface area contributed by atoms with E-state index in [1.165, 1.54) is 18.4 Å². The summed E-state index contributed by atoms with van der Waals surface area (Å²) >= 11 is 0. The van der Waals surface area contributed by atoms with Crippen LogP contribution in [0.4, 0.5) is 0 Å². The van der Waals surface area contributed by atoms with Gasteiger partial charge in [0.15, 0.2) is 0 Å². The fourth-order valence-corrected chi connectivity index (χ4v) is 2.22. The Kier molecular flexibility index (Phi) is 5.34. The van der Waals surface area contributed by atoms with E-state index in [4.69, 9.17) is 4.74 Å². The molecule has 0 spiro atoms. The van der Waals surface area contributed by atoms with Crippen molar-refractivity contribution in [3.8, 4) is 0 Å². The maximum Gasteiger partial charge on any atom is 0.0593 e. The fraction of sp³-hybridized carbons (Fsp3) is 0.846. The molecule has 1 saturated heterocycles. The van der Waals surface area contributed by atoms with Crippen molar-refractivity contribution in [2.24, 2.45) is 5.92 Å². The van der Waals surface area contributed by atoms with Gasteiger partial charge in [-0.15, -0.1) is 0 Å². The first kappa shape index (κ1) is 12.7. The number of hydrogen-bond acceptors (Lipinski definition) is 2. The first-order chi connectivity index (χ1) is 7.15. The van der Waals surface area contributed by atoms with Gasteiger partial charge in [0.05, 0.1) is 6.10 Å². The Morgan fingerprint density at radius 3 is 2.73 bits per heavy atom. The Hall–Kier alpha value is -0.340. The van der Waals surface area contributed by atoms with Crippen LogP contribution < -0.4 is 5.32 Å². The van der Waals surface area contributed by atoms with Gasteiger partial charge in [-0.1, -0.05) is 18.6 Å². The third-order valence-corrected chi connectivity index (χ3v) is 3.04. The lowest BCUT2D eigenvalue weighted by Gasteiger charge is -2.24. The number of hydrogen-bond donors (Lipinski definition) is 1. The summed E-state index contributed by atoms with van der Waals surface area (Å²) in [5, 5.41) is 3.62. The minimum atomic E-state index is 0.398. The van der Waals surface area contributed by atoms with E-state index in [0.717, 1.165) is 13.2 Å². The van der Waals surface area contributed by atoms with Gasteiger partial charge in [0.25, 0.3) is 0 Å². The maximum absolute atomic E-state index is 5.64. The van der Waals surface area contributed by atoms with Crippen molar-refractivity contribution < 1.29 is 4.74 Å². The van der Waals surface area contributed by atoms with Crippen molar-refractivity contribution in [3.63, 3.8) is 0 Å². The Morgan fingerprint density at radius 2 is 2.27 bits per heavy atom. The SMILES string of the molecule is CCCNC(C=C(C)C)C1CCOC1C. The van der Waals surface area contributed by atoms with Crippen LogP contribution in [0.25, 0.3) is 0 Å². The smallest absolute Gasteiger partial charge is 0.0593 e. The molecule has 1 aliphatic rings. The van der Waals surface area contributed by atoms with Gasteiger partial charge in [-0.05, 0) is 40.2 Å². The molecule has 1 fully saturated rings. The Balaban J connectivity index is 2.58. The Bertz CT molecular complexity index is 209. The summed E-state index contributed by atoms with van der Waals surface area (Å²) in [6.07, 6.45) is 5.13. The molecule has 2 heteroatoms. The molecule has 1 N–H and O–H groups in total. The lowest BCUT2D eigenvalue weighted by Crippen LogP contribution is -2.38. The minimum Gasteiger partial charge on any atom is -0.378 e. The zero-order valence-electron chi connectivity index (χ0n) is 10.5. The zero-order valence-corrected chi connectivity index (χ0v) is 10.5. The predicted octanol–water partition coefficient (Wildman–Crippen LogP) is 2.75. The lowest BCUT2D eigenvalue weighted by atomic mass is 9.92. The standard InChI is InChI=1S/C13H25NO/c1-5-7-14-13(9-10(2)3)12-6-8-15-11(12)4/h9,11-14H,5-8H2,1-4H3. The molecule has 0 amide bonds. The molecule has 0 aliphatic carbocycles. The van der Waals surface area contributed by atoms with Crippen LogP contribution in [0.5, 0.6) is 0 Å². The molecule has 1 rings (SSSR count). The van der Waals surface area contributed by atoms with E-state index >= 15 is 0 Å². The lowest BCUT2D eigenvalue weighted by molar-refractivity contribution is 0.0998. The average molecular weight is 211 g/mol. The molecule has 2 nitrogen and oxygen atoms in total. The summed E-state index contributed by atoms with van der Waals surface area (Å²) in [5.74, 6) is 0.645. The summed E-state index contributed by atoms with van der Waals surface area (Å²) in [5.41, 5.74) is 1.39. The van der Waals surface area contributed by atoms with Crippen molar-refractivity contribution in [3.05, 3.63) is 11.6 Å². The van der Waals surface area contributed by atoms with E-state index < -0.39 is 0 Å². The number of ether oxygens (including phenoxy) is 1. The van der Waals surface area contributed by atoms with Crippen LogP contribution in [0.3, 0.4) is 0 Å². The highest BCUT2D eigenvalue weighted by atomic mass is 16.5. The molecule has 1 aliphatic heterocycles. The molecule has 0 aromatic heterocycles. The third-order valence-electron chi connectivity index (χ3n) is 3.04. The van der Waals surface area contributed by atoms with Crippen LogP contribution in [-0.2, 0) is 4.74 Å². The van der Waals surface area contributed by atoms with E-state index in [1.54, 1.807) is 0 Å². The van der Waals surface area contributed by atoms with E-state index in [9.17, 15) is 0 Å². The number of rotatable bonds is 5. The molecule has 3 atom stereocenters. The largest absolute Gasteiger partial charge is 0.378 e. The van der Waals surface area contributed by atoms with Crippen molar-refractivity contribution in [2.75, 3.05) is 13.2 Å². The molecule has 0 saturated carbocycles. The number of nitrogens with one attached hydrogen (secondary N) is 1. The van der Waals surface area contributed by atoms with E-state index in [2.05, 4.69) is 39.1 Å². The predicted molar refractivity (Wildman–Crippen MR) is 65.0 cm³/mol. The molecule has 88 valence electrons. The quantitative estimate of drug-likeness (QED) is 0.706. The van der Waals surface area contributed by atoms with Gasteiger partial charge in [-0.3, -0.25) is 0 Å². The molecule has 3 unspecified atom stereocenters. The molecule has 15 heavy (non-hydrogen) atoms. The third kappa shape index (κ3) is 3.96. The first-order valence-corrected chi connectivity index (χ1v) is 6.15. The number of allylic oxidation sites excluding steroid dienone is 1. The molecule has 0 aromatic rings. The first-order valence-electron chi connectivity index (χ1n) is 6.15. The zero-order chi connectivity index (χ0) is 11.3. The van der Waals surface area contributed by atoms with Crippen LogP contribution >= 0.6 is 0 Å². The Labute approximate surface area is 94.1 Å². The van der Waals surface area contributed by atoms with E-state index in [1.807, 2.05) is 0 Å². The molecule has 0 bridgehead atoms. The van der Waals surface area contributed by atoms with Crippen molar-refractivity contribution in [2.45, 2.75) is 52.7 Å². The highest BCUT2D eigenvalue weighted by molar-refractivity contribution is 5.05.